The SMILES string of the molecule is CN1C(c2ccccc2)=NC2=S1N(c1ccc([N+](=O)[O-])cc1)N=N2. The van der Waals surface area contributed by atoms with Crippen molar-refractivity contribution in [3.8, 4) is 0 Å². The maximum Gasteiger partial charge on any atom is 0.269 e. The Hall–Kier alpha value is -3.07. The summed E-state index contributed by atoms with van der Waals surface area (Å²) < 4.78 is 3.75. The second-order valence-electron chi connectivity index (χ2n) is 5.08. The van der Waals surface area contributed by atoms with Crippen LogP contribution in [0.5, 0.6) is 0 Å². The molecule has 0 radical (unpaired) electrons. The fraction of sp³-hybridized carbons (Fsp3) is 0.0667. The van der Waals surface area contributed by atoms with Gasteiger partial charge in [0.2, 0.25) is 5.11 Å². The van der Waals surface area contributed by atoms with Crippen LogP contribution in [0.4, 0.5) is 11.4 Å². The van der Waals surface area contributed by atoms with E-state index in [1.165, 1.54) is 12.1 Å². The van der Waals surface area contributed by atoms with Gasteiger partial charge in [0, 0.05) is 24.7 Å². The number of hydrogen-bond donors (Lipinski definition) is 0. The standard InChI is InChI=1S/C15H12N6O2S/c1-19-14(11-5-3-2-4-6-11)16-15-17-18-20(24(15)19)12-7-9-13(10-8-12)21(22)23/h2-10H,1H3. The second kappa shape index (κ2) is 5.53. The predicted octanol–water partition coefficient (Wildman–Crippen LogP) is 3.36. The number of anilines is 1. The normalized spacial score (nSPS) is 18.8. The molecule has 0 saturated carbocycles. The van der Waals surface area contributed by atoms with Crippen LogP contribution in [0.1, 0.15) is 5.56 Å². The van der Waals surface area contributed by atoms with E-state index in [2.05, 4.69) is 15.3 Å². The van der Waals surface area contributed by atoms with Crippen LogP contribution in [0.15, 0.2) is 69.9 Å². The smallest absolute Gasteiger partial charge is 0.269 e. The molecule has 2 aromatic carbocycles. The van der Waals surface area contributed by atoms with E-state index < -0.39 is 15.8 Å². The van der Waals surface area contributed by atoms with Crippen molar-refractivity contribution in [3.63, 3.8) is 0 Å². The molecule has 2 aromatic rings. The summed E-state index contributed by atoms with van der Waals surface area (Å²) in [6.45, 7) is 0. The number of nitrogens with zero attached hydrogens (tertiary/aromatic N) is 6. The highest BCUT2D eigenvalue weighted by Crippen LogP contribution is 2.41. The van der Waals surface area contributed by atoms with Crippen LogP contribution < -0.4 is 4.41 Å². The monoisotopic (exact) mass is 340 g/mol. The average molecular weight is 340 g/mol. The van der Waals surface area contributed by atoms with E-state index >= 15 is 0 Å². The first-order valence-corrected chi connectivity index (χ1v) is 8.24. The Balaban J connectivity index is 1.64. The highest BCUT2D eigenvalue weighted by molar-refractivity contribution is 8.16. The molecule has 0 saturated heterocycles. The van der Waals surface area contributed by atoms with Crippen molar-refractivity contribution in [3.05, 3.63) is 70.3 Å². The van der Waals surface area contributed by atoms with Crippen LogP contribution in [-0.4, -0.2) is 27.2 Å². The van der Waals surface area contributed by atoms with Crippen molar-refractivity contribution in [1.29, 1.82) is 0 Å². The molecule has 0 bridgehead atoms. The summed E-state index contributed by atoms with van der Waals surface area (Å²) in [5.74, 6) is 0.833. The lowest BCUT2D eigenvalue weighted by atomic mass is 10.2. The minimum Gasteiger partial charge on any atom is -0.288 e. The van der Waals surface area contributed by atoms with Crippen LogP contribution in [0.25, 0.3) is 0 Å². The Bertz CT molecular complexity index is 907. The Morgan fingerprint density at radius 1 is 1.08 bits per heavy atom. The summed E-state index contributed by atoms with van der Waals surface area (Å²) in [6.07, 6.45) is 0. The van der Waals surface area contributed by atoms with Crippen molar-refractivity contribution in [1.82, 2.24) is 4.31 Å². The maximum absolute atomic E-state index is 10.8. The summed E-state index contributed by atoms with van der Waals surface area (Å²) in [5, 5.41) is 19.7. The third-order valence-electron chi connectivity index (χ3n) is 3.61. The van der Waals surface area contributed by atoms with Crippen LogP contribution in [0.2, 0.25) is 0 Å². The van der Waals surface area contributed by atoms with Gasteiger partial charge in [0.1, 0.15) is 5.84 Å². The number of rotatable bonds is 3. The third-order valence-corrected chi connectivity index (χ3v) is 5.41. The molecule has 0 amide bonds. The fourth-order valence-electron chi connectivity index (χ4n) is 2.46. The summed E-state index contributed by atoms with van der Waals surface area (Å²) in [4.78, 5) is 14.9. The molecular formula is C15H12N6O2S. The molecule has 1 atom stereocenters. The van der Waals surface area contributed by atoms with E-state index in [1.54, 1.807) is 16.5 Å². The summed E-state index contributed by atoms with van der Waals surface area (Å²) >= 11 is 0. The van der Waals surface area contributed by atoms with Crippen molar-refractivity contribution < 1.29 is 4.92 Å². The minimum atomic E-state index is -0.573. The molecule has 9 heteroatoms. The zero-order valence-electron chi connectivity index (χ0n) is 12.6. The van der Waals surface area contributed by atoms with Gasteiger partial charge in [0.25, 0.3) is 5.69 Å². The number of benzene rings is 2. The molecule has 1 unspecified atom stereocenters. The highest BCUT2D eigenvalue weighted by atomic mass is 32.2. The molecular weight excluding hydrogens is 328 g/mol. The number of nitro benzene ring substituents is 1. The Labute approximate surface area is 140 Å². The van der Waals surface area contributed by atoms with Gasteiger partial charge in [-0.2, -0.15) is 9.41 Å². The van der Waals surface area contributed by atoms with Crippen molar-refractivity contribution in [2.75, 3.05) is 11.5 Å². The molecule has 2 heterocycles. The molecule has 120 valence electrons. The first-order valence-electron chi connectivity index (χ1n) is 7.11. The van der Waals surface area contributed by atoms with Gasteiger partial charge in [-0.15, -0.1) is 5.11 Å². The number of hydrogen-bond acceptors (Lipinski definition) is 7. The number of non-ortho nitro benzene ring substituents is 1. The van der Waals surface area contributed by atoms with Crippen LogP contribution >= 0.6 is 10.9 Å². The zero-order chi connectivity index (χ0) is 16.7. The van der Waals surface area contributed by atoms with Crippen LogP contribution in [-0.2, 0) is 0 Å². The molecule has 0 N–H and O–H groups in total. The van der Waals surface area contributed by atoms with E-state index in [0.29, 0.717) is 5.11 Å². The predicted molar refractivity (Wildman–Crippen MR) is 93.8 cm³/mol. The quantitative estimate of drug-likeness (QED) is 0.487. The number of nitro groups is 1. The highest BCUT2D eigenvalue weighted by Gasteiger charge is 2.33. The molecule has 2 aliphatic heterocycles. The van der Waals surface area contributed by atoms with Gasteiger partial charge in [-0.05, 0) is 12.1 Å². The van der Waals surface area contributed by atoms with Gasteiger partial charge >= 0.3 is 0 Å². The van der Waals surface area contributed by atoms with E-state index in [-0.39, 0.29) is 5.69 Å². The third kappa shape index (κ3) is 2.26. The van der Waals surface area contributed by atoms with Gasteiger partial charge in [-0.1, -0.05) is 35.6 Å². The van der Waals surface area contributed by atoms with E-state index in [1.807, 2.05) is 41.7 Å². The van der Waals surface area contributed by atoms with Crippen molar-refractivity contribution in [2.24, 2.45) is 15.3 Å². The zero-order valence-corrected chi connectivity index (χ0v) is 13.4. The Morgan fingerprint density at radius 3 is 2.46 bits per heavy atom. The molecule has 0 fully saturated rings. The molecule has 24 heavy (non-hydrogen) atoms. The number of amidine groups is 1. The van der Waals surface area contributed by atoms with Gasteiger partial charge in [0.05, 0.1) is 21.5 Å². The maximum atomic E-state index is 10.8. The Kier molecular flexibility index (Phi) is 3.35. The fourth-order valence-corrected chi connectivity index (χ4v) is 4.11. The lowest BCUT2D eigenvalue weighted by Gasteiger charge is -2.24. The molecule has 0 spiro atoms. The molecule has 0 aromatic heterocycles. The van der Waals surface area contributed by atoms with Gasteiger partial charge < -0.3 is 0 Å². The topological polar surface area (TPSA) is 86.7 Å². The Morgan fingerprint density at radius 2 is 1.79 bits per heavy atom. The van der Waals surface area contributed by atoms with Crippen LogP contribution in [0.3, 0.4) is 0 Å². The lowest BCUT2D eigenvalue weighted by molar-refractivity contribution is -0.384. The van der Waals surface area contributed by atoms with Crippen molar-refractivity contribution >= 4 is 33.2 Å². The number of aliphatic imine (C=N–C) groups is 1. The van der Waals surface area contributed by atoms with Crippen molar-refractivity contribution in [2.45, 2.75) is 0 Å². The summed E-state index contributed by atoms with van der Waals surface area (Å²) in [6, 6.07) is 16.1. The largest absolute Gasteiger partial charge is 0.288 e. The molecule has 2 aliphatic rings. The van der Waals surface area contributed by atoms with Crippen LogP contribution in [0, 0.1) is 10.1 Å². The van der Waals surface area contributed by atoms with Gasteiger partial charge in [0.15, 0.2) is 0 Å². The second-order valence-corrected chi connectivity index (χ2v) is 6.87. The minimum absolute atomic E-state index is 0.0448. The molecule has 8 nitrogen and oxygen atoms in total. The van der Waals surface area contributed by atoms with E-state index in [4.69, 9.17) is 0 Å². The molecule has 4 rings (SSSR count). The lowest BCUT2D eigenvalue weighted by Crippen LogP contribution is -2.24. The van der Waals surface area contributed by atoms with Gasteiger partial charge in [-0.25, -0.2) is 0 Å². The summed E-state index contributed by atoms with van der Waals surface area (Å²) in [7, 11) is 1.37. The van der Waals surface area contributed by atoms with E-state index in [0.717, 1.165) is 17.1 Å². The first-order chi connectivity index (χ1) is 11.6. The summed E-state index contributed by atoms with van der Waals surface area (Å²) in [5.41, 5.74) is 1.79. The van der Waals surface area contributed by atoms with Gasteiger partial charge in [-0.3, -0.25) is 14.4 Å². The van der Waals surface area contributed by atoms with E-state index in [9.17, 15) is 10.1 Å². The molecule has 0 aliphatic carbocycles. The first kappa shape index (κ1) is 14.5. The average Bonchev–Trinajstić information content (AvgIpc) is 3.16.